The first kappa shape index (κ1) is 12.8. The zero-order valence-corrected chi connectivity index (χ0v) is 9.59. The lowest BCUT2D eigenvalue weighted by atomic mass is 9.97. The number of carboxylic acid groups (broad SMARTS) is 1. The van der Waals surface area contributed by atoms with Crippen LogP contribution in [0.4, 0.5) is 4.79 Å². The number of aliphatic carboxylic acids is 1. The van der Waals surface area contributed by atoms with E-state index in [1.165, 1.54) is 11.9 Å². The summed E-state index contributed by atoms with van der Waals surface area (Å²) in [5, 5.41) is 18.1. The fraction of sp³-hybridized carbons (Fsp3) is 0.800. The summed E-state index contributed by atoms with van der Waals surface area (Å²) >= 11 is 0. The molecule has 1 aliphatic heterocycles. The van der Waals surface area contributed by atoms with E-state index in [9.17, 15) is 14.7 Å². The van der Waals surface area contributed by atoms with E-state index in [0.29, 0.717) is 19.5 Å². The van der Waals surface area contributed by atoms with Crippen LogP contribution < -0.4 is 0 Å². The number of aliphatic hydroxyl groups excluding tert-OH is 1. The second-order valence-corrected chi connectivity index (χ2v) is 4.31. The van der Waals surface area contributed by atoms with Gasteiger partial charge in [-0.05, 0) is 12.3 Å². The van der Waals surface area contributed by atoms with Gasteiger partial charge in [-0.15, -0.1) is 0 Å². The fourth-order valence-corrected chi connectivity index (χ4v) is 1.82. The summed E-state index contributed by atoms with van der Waals surface area (Å²) in [7, 11) is 1.46. The van der Waals surface area contributed by atoms with Crippen LogP contribution in [0, 0.1) is 5.92 Å². The molecular formula is C10H18N2O4. The molecule has 2 amide bonds. The van der Waals surface area contributed by atoms with Crippen LogP contribution in [0.15, 0.2) is 0 Å². The molecule has 6 nitrogen and oxygen atoms in total. The molecule has 0 bridgehead atoms. The van der Waals surface area contributed by atoms with Crippen LogP contribution in [0.2, 0.25) is 0 Å². The van der Waals surface area contributed by atoms with Crippen LogP contribution in [0.5, 0.6) is 0 Å². The molecule has 1 saturated heterocycles. The minimum absolute atomic E-state index is 0.0379. The number of hydrogen-bond donors (Lipinski definition) is 2. The molecule has 2 N–H and O–H groups in total. The van der Waals surface area contributed by atoms with Crippen molar-refractivity contribution in [3.63, 3.8) is 0 Å². The Morgan fingerprint density at radius 3 is 2.62 bits per heavy atom. The number of aliphatic hydroxyl groups is 1. The van der Waals surface area contributed by atoms with Crippen LogP contribution in [-0.4, -0.2) is 64.8 Å². The monoisotopic (exact) mass is 230 g/mol. The van der Waals surface area contributed by atoms with Crippen LogP contribution in [-0.2, 0) is 4.79 Å². The van der Waals surface area contributed by atoms with Crippen molar-refractivity contribution >= 4 is 12.0 Å². The van der Waals surface area contributed by atoms with Gasteiger partial charge < -0.3 is 20.0 Å². The molecule has 2 unspecified atom stereocenters. The average molecular weight is 230 g/mol. The van der Waals surface area contributed by atoms with E-state index in [2.05, 4.69) is 0 Å². The minimum atomic E-state index is -1.03. The number of carbonyl (C=O) groups is 2. The van der Waals surface area contributed by atoms with Gasteiger partial charge in [-0.25, -0.2) is 4.79 Å². The quantitative estimate of drug-likeness (QED) is 0.690. The van der Waals surface area contributed by atoms with Crippen molar-refractivity contribution in [1.82, 2.24) is 9.80 Å². The van der Waals surface area contributed by atoms with Gasteiger partial charge in [0.25, 0.3) is 0 Å². The first-order valence-corrected chi connectivity index (χ1v) is 5.31. The molecule has 1 aliphatic rings. The lowest BCUT2D eigenvalue weighted by Crippen LogP contribution is -2.50. The summed E-state index contributed by atoms with van der Waals surface area (Å²) in [5.41, 5.74) is 0. The number of likely N-dealkylation sites (N-methyl/N-ethyl adjacent to an activating group) is 1. The second-order valence-electron chi connectivity index (χ2n) is 4.31. The fourth-order valence-electron chi connectivity index (χ4n) is 1.82. The Morgan fingerprint density at radius 1 is 1.50 bits per heavy atom. The van der Waals surface area contributed by atoms with Crippen molar-refractivity contribution in [2.24, 2.45) is 5.92 Å². The maximum Gasteiger partial charge on any atom is 0.323 e. The third-order valence-electron chi connectivity index (χ3n) is 2.83. The Hall–Kier alpha value is -1.30. The van der Waals surface area contributed by atoms with E-state index in [0.717, 1.165) is 0 Å². The molecule has 16 heavy (non-hydrogen) atoms. The Kier molecular flexibility index (Phi) is 4.12. The van der Waals surface area contributed by atoms with Crippen molar-refractivity contribution in [2.45, 2.75) is 19.4 Å². The molecule has 1 rings (SSSR count). The molecule has 1 heterocycles. The van der Waals surface area contributed by atoms with Gasteiger partial charge in [-0.2, -0.15) is 0 Å². The highest BCUT2D eigenvalue weighted by Gasteiger charge is 2.29. The third-order valence-corrected chi connectivity index (χ3v) is 2.83. The van der Waals surface area contributed by atoms with E-state index in [1.807, 2.05) is 6.92 Å². The molecule has 0 aromatic heterocycles. The van der Waals surface area contributed by atoms with Crippen LogP contribution >= 0.6 is 0 Å². The number of nitrogens with zero attached hydrogens (tertiary/aromatic N) is 2. The largest absolute Gasteiger partial charge is 0.480 e. The van der Waals surface area contributed by atoms with E-state index in [-0.39, 0.29) is 24.6 Å². The molecule has 6 heteroatoms. The number of carboxylic acids is 1. The molecular weight excluding hydrogens is 212 g/mol. The van der Waals surface area contributed by atoms with E-state index in [4.69, 9.17) is 5.11 Å². The van der Waals surface area contributed by atoms with Crippen LogP contribution in [0.25, 0.3) is 0 Å². The third kappa shape index (κ3) is 3.10. The summed E-state index contributed by atoms with van der Waals surface area (Å²) in [6.07, 6.45) is 0.183. The molecule has 0 aromatic carbocycles. The van der Waals surface area contributed by atoms with E-state index >= 15 is 0 Å². The smallest absolute Gasteiger partial charge is 0.323 e. The maximum absolute atomic E-state index is 11.8. The average Bonchev–Trinajstić information content (AvgIpc) is 2.20. The summed E-state index contributed by atoms with van der Waals surface area (Å²) in [6, 6.07) is -0.291. The number of likely N-dealkylation sites (tertiary alicyclic amines) is 1. The SMILES string of the molecule is CC1CN(C(=O)N(C)CC(=O)O)CCC1O. The lowest BCUT2D eigenvalue weighted by molar-refractivity contribution is -0.137. The Balaban J connectivity index is 2.51. The molecule has 2 atom stereocenters. The highest BCUT2D eigenvalue weighted by atomic mass is 16.4. The maximum atomic E-state index is 11.8. The van der Waals surface area contributed by atoms with Gasteiger partial charge in [0.2, 0.25) is 0 Å². The number of carbonyl (C=O) groups excluding carboxylic acids is 1. The Labute approximate surface area is 94.4 Å². The number of piperidine rings is 1. The van der Waals surface area contributed by atoms with Crippen molar-refractivity contribution in [3.8, 4) is 0 Å². The van der Waals surface area contributed by atoms with Gasteiger partial charge in [0.15, 0.2) is 0 Å². The zero-order chi connectivity index (χ0) is 12.3. The molecule has 0 aromatic rings. The molecule has 0 spiro atoms. The normalized spacial score (nSPS) is 25.3. The lowest BCUT2D eigenvalue weighted by Gasteiger charge is -2.36. The van der Waals surface area contributed by atoms with E-state index in [1.54, 1.807) is 4.90 Å². The minimum Gasteiger partial charge on any atom is -0.480 e. The predicted octanol–water partition coefficient (Wildman–Crippen LogP) is -0.175. The van der Waals surface area contributed by atoms with Gasteiger partial charge >= 0.3 is 12.0 Å². The molecule has 0 aliphatic carbocycles. The predicted molar refractivity (Wildman–Crippen MR) is 57.0 cm³/mol. The van der Waals surface area contributed by atoms with Crippen molar-refractivity contribution < 1.29 is 19.8 Å². The number of amides is 2. The first-order chi connectivity index (χ1) is 7.41. The molecule has 0 saturated carbocycles. The Bertz CT molecular complexity index is 282. The van der Waals surface area contributed by atoms with Crippen LogP contribution in [0.1, 0.15) is 13.3 Å². The Morgan fingerprint density at radius 2 is 2.12 bits per heavy atom. The number of urea groups is 1. The first-order valence-electron chi connectivity index (χ1n) is 5.31. The summed E-state index contributed by atoms with van der Waals surface area (Å²) in [6.45, 7) is 2.53. The highest BCUT2D eigenvalue weighted by Crippen LogP contribution is 2.17. The van der Waals surface area contributed by atoms with Gasteiger partial charge in [-0.1, -0.05) is 6.92 Å². The highest BCUT2D eigenvalue weighted by molar-refractivity contribution is 5.80. The van der Waals surface area contributed by atoms with Crippen molar-refractivity contribution in [2.75, 3.05) is 26.7 Å². The van der Waals surface area contributed by atoms with Crippen LogP contribution in [0.3, 0.4) is 0 Å². The number of rotatable bonds is 2. The standard InChI is InChI=1S/C10H18N2O4/c1-7-5-12(4-3-8(7)13)10(16)11(2)6-9(14)15/h7-8,13H,3-6H2,1-2H3,(H,14,15). The van der Waals surface area contributed by atoms with Gasteiger partial charge in [0.05, 0.1) is 6.10 Å². The van der Waals surface area contributed by atoms with Crippen molar-refractivity contribution in [1.29, 1.82) is 0 Å². The number of hydrogen-bond acceptors (Lipinski definition) is 3. The molecule has 0 radical (unpaired) electrons. The van der Waals surface area contributed by atoms with Gasteiger partial charge in [0, 0.05) is 20.1 Å². The van der Waals surface area contributed by atoms with Gasteiger partial charge in [-0.3, -0.25) is 4.79 Å². The van der Waals surface area contributed by atoms with Gasteiger partial charge in [0.1, 0.15) is 6.54 Å². The topological polar surface area (TPSA) is 81.1 Å². The summed E-state index contributed by atoms with van der Waals surface area (Å²) in [5.74, 6) is -0.989. The second kappa shape index (κ2) is 5.16. The molecule has 92 valence electrons. The summed E-state index contributed by atoms with van der Waals surface area (Å²) in [4.78, 5) is 25.0. The van der Waals surface area contributed by atoms with E-state index < -0.39 is 5.97 Å². The zero-order valence-electron chi connectivity index (χ0n) is 9.59. The molecule has 1 fully saturated rings. The van der Waals surface area contributed by atoms with Crippen molar-refractivity contribution in [3.05, 3.63) is 0 Å². The summed E-state index contributed by atoms with van der Waals surface area (Å²) < 4.78 is 0.